The van der Waals surface area contributed by atoms with E-state index < -0.39 is 17.3 Å². The van der Waals surface area contributed by atoms with Crippen LogP contribution < -0.4 is 0 Å². The standard InChI is InChI=1S/C20H36O4/c1-17(2,23)15(21)6-9-18(3)11-14-13(18)5-8-19(4)12-20(14,24)10-7-16(19)22/h13-16,21-24H,5-12H2,1-4H3/t13-,14-,15-,16-,18-,19-,20+/m1/s1. The minimum absolute atomic E-state index is 0.130. The smallest absolute Gasteiger partial charge is 0.0849 e. The third kappa shape index (κ3) is 2.94. The summed E-state index contributed by atoms with van der Waals surface area (Å²) in [6, 6.07) is 0. The largest absolute Gasteiger partial charge is 0.393 e. The number of hydrogen-bond acceptors (Lipinski definition) is 4. The van der Waals surface area contributed by atoms with Crippen LogP contribution in [0.3, 0.4) is 0 Å². The van der Waals surface area contributed by atoms with E-state index in [4.69, 9.17) is 0 Å². The van der Waals surface area contributed by atoms with E-state index in [2.05, 4.69) is 13.8 Å². The molecule has 0 heterocycles. The lowest BCUT2D eigenvalue weighted by Gasteiger charge is -2.60. The number of fused-ring (bicyclic) bond motifs is 4. The Morgan fingerprint density at radius 3 is 2.42 bits per heavy atom. The molecule has 0 spiro atoms. The van der Waals surface area contributed by atoms with Crippen molar-refractivity contribution in [1.29, 1.82) is 0 Å². The summed E-state index contributed by atoms with van der Waals surface area (Å²) < 4.78 is 0. The lowest BCUT2D eigenvalue weighted by molar-refractivity contribution is -0.184. The first-order valence-corrected chi connectivity index (χ1v) is 9.71. The summed E-state index contributed by atoms with van der Waals surface area (Å²) in [7, 11) is 0. The fourth-order valence-corrected chi connectivity index (χ4v) is 6.04. The maximum atomic E-state index is 11.3. The topological polar surface area (TPSA) is 80.9 Å². The summed E-state index contributed by atoms with van der Waals surface area (Å²) in [5, 5.41) is 41.9. The first kappa shape index (κ1) is 18.6. The predicted octanol–water partition coefficient (Wildman–Crippen LogP) is 2.62. The van der Waals surface area contributed by atoms with Crippen LogP contribution in [0.1, 0.15) is 79.1 Å². The Hall–Kier alpha value is -0.160. The van der Waals surface area contributed by atoms with Gasteiger partial charge in [0.05, 0.1) is 23.4 Å². The predicted molar refractivity (Wildman–Crippen MR) is 93.4 cm³/mol. The van der Waals surface area contributed by atoms with Crippen LogP contribution in [0.15, 0.2) is 0 Å². The fourth-order valence-electron chi connectivity index (χ4n) is 6.04. The molecular formula is C20H36O4. The van der Waals surface area contributed by atoms with E-state index in [0.717, 1.165) is 32.1 Å². The van der Waals surface area contributed by atoms with Crippen molar-refractivity contribution in [3.63, 3.8) is 0 Å². The van der Waals surface area contributed by atoms with Gasteiger partial charge in [-0.1, -0.05) is 13.8 Å². The van der Waals surface area contributed by atoms with Crippen LogP contribution in [0.5, 0.6) is 0 Å². The molecule has 4 nitrogen and oxygen atoms in total. The first-order valence-electron chi connectivity index (χ1n) is 9.71. The molecule has 7 atom stereocenters. The third-order valence-corrected chi connectivity index (χ3v) is 7.95. The lowest BCUT2D eigenvalue weighted by Crippen LogP contribution is -2.58. The van der Waals surface area contributed by atoms with Crippen molar-refractivity contribution in [1.82, 2.24) is 0 Å². The Labute approximate surface area is 146 Å². The van der Waals surface area contributed by atoms with Crippen molar-refractivity contribution in [3.05, 3.63) is 0 Å². The van der Waals surface area contributed by atoms with Gasteiger partial charge in [-0.05, 0) is 87.9 Å². The maximum absolute atomic E-state index is 11.3. The molecule has 0 aromatic rings. The molecule has 0 unspecified atom stereocenters. The highest BCUT2D eigenvalue weighted by atomic mass is 16.3. The minimum Gasteiger partial charge on any atom is -0.393 e. The van der Waals surface area contributed by atoms with Crippen molar-refractivity contribution in [2.75, 3.05) is 0 Å². The monoisotopic (exact) mass is 340 g/mol. The molecule has 3 rings (SSSR count). The van der Waals surface area contributed by atoms with Gasteiger partial charge in [0.15, 0.2) is 0 Å². The van der Waals surface area contributed by atoms with Gasteiger partial charge >= 0.3 is 0 Å². The van der Waals surface area contributed by atoms with Gasteiger partial charge in [0.25, 0.3) is 0 Å². The molecule has 4 heteroatoms. The SMILES string of the molecule is CC(C)(O)[C@H](O)CC[C@]1(C)C[C@@H]2[C@H]1CC[C@]1(C)C[C@@]2(O)CC[C@H]1O. The Kier molecular flexibility index (Phi) is 4.40. The van der Waals surface area contributed by atoms with Crippen LogP contribution in [-0.2, 0) is 0 Å². The Morgan fingerprint density at radius 1 is 1.12 bits per heavy atom. The average molecular weight is 341 g/mol. The second kappa shape index (κ2) is 5.67. The zero-order valence-corrected chi connectivity index (χ0v) is 15.8. The van der Waals surface area contributed by atoms with Crippen molar-refractivity contribution in [2.24, 2.45) is 22.7 Å². The van der Waals surface area contributed by atoms with Crippen molar-refractivity contribution < 1.29 is 20.4 Å². The highest BCUT2D eigenvalue weighted by molar-refractivity contribution is 5.13. The van der Waals surface area contributed by atoms with Crippen molar-refractivity contribution >= 4 is 0 Å². The molecule has 4 N–H and O–H groups in total. The van der Waals surface area contributed by atoms with Crippen LogP contribution in [0.25, 0.3) is 0 Å². The van der Waals surface area contributed by atoms with Gasteiger partial charge < -0.3 is 20.4 Å². The summed E-state index contributed by atoms with van der Waals surface area (Å²) in [6.07, 6.45) is 5.66. The van der Waals surface area contributed by atoms with Crippen LogP contribution in [0.2, 0.25) is 0 Å². The van der Waals surface area contributed by atoms with Gasteiger partial charge in [0.1, 0.15) is 0 Å². The van der Waals surface area contributed by atoms with E-state index in [1.165, 1.54) is 0 Å². The van der Waals surface area contributed by atoms with Crippen LogP contribution >= 0.6 is 0 Å². The first-order chi connectivity index (χ1) is 10.9. The van der Waals surface area contributed by atoms with Gasteiger partial charge in [-0.2, -0.15) is 0 Å². The number of rotatable bonds is 4. The Balaban J connectivity index is 1.71. The van der Waals surface area contributed by atoms with E-state index in [1.54, 1.807) is 13.8 Å². The highest BCUT2D eigenvalue weighted by Gasteiger charge is 2.62. The van der Waals surface area contributed by atoms with E-state index in [-0.39, 0.29) is 16.9 Å². The quantitative estimate of drug-likeness (QED) is 0.634. The molecule has 3 saturated carbocycles. The molecular weight excluding hydrogens is 304 g/mol. The number of aliphatic hydroxyl groups excluding tert-OH is 2. The van der Waals surface area contributed by atoms with E-state index in [1.807, 2.05) is 0 Å². The number of aliphatic hydroxyl groups is 4. The second-order valence-electron chi connectivity index (χ2n) is 10.3. The molecule has 2 bridgehead atoms. The highest BCUT2D eigenvalue weighted by Crippen LogP contribution is 2.66. The molecule has 3 aliphatic carbocycles. The van der Waals surface area contributed by atoms with Crippen LogP contribution in [-0.4, -0.2) is 43.8 Å². The average Bonchev–Trinajstić information content (AvgIpc) is 2.52. The fraction of sp³-hybridized carbons (Fsp3) is 1.00. The van der Waals surface area contributed by atoms with Gasteiger partial charge in [0, 0.05) is 0 Å². The van der Waals surface area contributed by atoms with Gasteiger partial charge in [-0.3, -0.25) is 0 Å². The third-order valence-electron chi connectivity index (χ3n) is 7.95. The minimum atomic E-state index is -1.06. The molecule has 0 amide bonds. The summed E-state index contributed by atoms with van der Waals surface area (Å²) in [5.74, 6) is 0.791. The molecule has 0 aromatic heterocycles. The molecule has 0 aromatic carbocycles. The van der Waals surface area contributed by atoms with E-state index in [9.17, 15) is 20.4 Å². The van der Waals surface area contributed by atoms with Crippen LogP contribution in [0, 0.1) is 22.7 Å². The summed E-state index contributed by atoms with van der Waals surface area (Å²) in [4.78, 5) is 0. The van der Waals surface area contributed by atoms with Gasteiger partial charge in [-0.25, -0.2) is 0 Å². The maximum Gasteiger partial charge on any atom is 0.0849 e. The molecule has 0 aliphatic heterocycles. The molecule has 0 radical (unpaired) electrons. The molecule has 3 fully saturated rings. The molecule has 3 aliphatic rings. The van der Waals surface area contributed by atoms with E-state index in [0.29, 0.717) is 31.1 Å². The van der Waals surface area contributed by atoms with Crippen molar-refractivity contribution in [2.45, 2.75) is 102 Å². The number of hydrogen-bond donors (Lipinski definition) is 4. The van der Waals surface area contributed by atoms with Gasteiger partial charge in [0.2, 0.25) is 0 Å². The van der Waals surface area contributed by atoms with E-state index >= 15 is 0 Å². The molecule has 0 saturated heterocycles. The zero-order chi connectivity index (χ0) is 18.0. The molecule has 24 heavy (non-hydrogen) atoms. The lowest BCUT2D eigenvalue weighted by atomic mass is 9.47. The Bertz CT molecular complexity index is 487. The second-order valence-corrected chi connectivity index (χ2v) is 10.3. The van der Waals surface area contributed by atoms with Crippen LogP contribution in [0.4, 0.5) is 0 Å². The summed E-state index contributed by atoms with van der Waals surface area (Å²) in [5.41, 5.74) is -1.71. The molecule has 140 valence electrons. The summed E-state index contributed by atoms with van der Waals surface area (Å²) >= 11 is 0. The van der Waals surface area contributed by atoms with Gasteiger partial charge in [-0.15, -0.1) is 0 Å². The Morgan fingerprint density at radius 2 is 1.79 bits per heavy atom. The van der Waals surface area contributed by atoms with Crippen molar-refractivity contribution in [3.8, 4) is 0 Å². The zero-order valence-electron chi connectivity index (χ0n) is 15.8. The summed E-state index contributed by atoms with van der Waals surface area (Å²) in [6.45, 7) is 7.73. The normalized spacial score (nSPS) is 49.8.